The van der Waals surface area contributed by atoms with Crippen molar-refractivity contribution in [2.24, 2.45) is 0 Å². The van der Waals surface area contributed by atoms with Crippen LogP contribution in [0.25, 0.3) is 6.08 Å². The molecule has 0 amide bonds. The molecule has 1 aromatic rings. The highest BCUT2D eigenvalue weighted by atomic mass is 79.9. The fraction of sp³-hybridized carbons (Fsp3) is 0.111. The molecule has 0 radical (unpaired) electrons. The summed E-state index contributed by atoms with van der Waals surface area (Å²) >= 11 is 3.06. The Hall–Kier alpha value is -0.900. The summed E-state index contributed by atoms with van der Waals surface area (Å²) in [6.07, 6.45) is 1.64. The van der Waals surface area contributed by atoms with E-state index in [-0.39, 0.29) is 5.75 Å². The standard InChI is InChI=1S/C9H7BrF2O/c10-6-5-7-3-1-2-4-8(7)13-9(11)12/h1-6,9H/b6-5+. The smallest absolute Gasteiger partial charge is 0.387 e. The van der Waals surface area contributed by atoms with E-state index in [0.717, 1.165) is 0 Å². The van der Waals surface area contributed by atoms with Gasteiger partial charge in [0.25, 0.3) is 0 Å². The van der Waals surface area contributed by atoms with Gasteiger partial charge in [-0.1, -0.05) is 34.1 Å². The largest absolute Gasteiger partial charge is 0.434 e. The zero-order valence-corrected chi connectivity index (χ0v) is 8.17. The summed E-state index contributed by atoms with van der Waals surface area (Å²) in [6.45, 7) is -2.79. The van der Waals surface area contributed by atoms with Gasteiger partial charge in [-0.15, -0.1) is 0 Å². The van der Waals surface area contributed by atoms with Crippen LogP contribution >= 0.6 is 15.9 Å². The minimum Gasteiger partial charge on any atom is -0.434 e. The third-order valence-corrected chi connectivity index (χ3v) is 1.64. The van der Waals surface area contributed by atoms with Crippen molar-refractivity contribution >= 4 is 22.0 Å². The Morgan fingerprint density at radius 3 is 2.62 bits per heavy atom. The normalized spacial score (nSPS) is 11.1. The molecule has 0 saturated heterocycles. The third kappa shape index (κ3) is 3.14. The first kappa shape index (κ1) is 10.2. The Kier molecular flexibility index (Phi) is 3.89. The van der Waals surface area contributed by atoms with Crippen LogP contribution in [0.1, 0.15) is 5.56 Å². The van der Waals surface area contributed by atoms with E-state index >= 15 is 0 Å². The zero-order chi connectivity index (χ0) is 9.68. The van der Waals surface area contributed by atoms with Gasteiger partial charge in [-0.2, -0.15) is 8.78 Å². The van der Waals surface area contributed by atoms with Crippen molar-refractivity contribution < 1.29 is 13.5 Å². The van der Waals surface area contributed by atoms with E-state index < -0.39 is 6.61 Å². The molecule has 0 fully saturated rings. The number of hydrogen-bond acceptors (Lipinski definition) is 1. The van der Waals surface area contributed by atoms with E-state index in [1.54, 1.807) is 29.3 Å². The molecule has 0 spiro atoms. The molecule has 0 bridgehead atoms. The highest BCUT2D eigenvalue weighted by molar-refractivity contribution is 9.11. The van der Waals surface area contributed by atoms with Crippen LogP contribution in [0.3, 0.4) is 0 Å². The van der Waals surface area contributed by atoms with Crippen LogP contribution in [0.15, 0.2) is 29.3 Å². The number of alkyl halides is 2. The Balaban J connectivity index is 2.90. The number of benzene rings is 1. The molecule has 0 atom stereocenters. The molecule has 0 aliphatic heterocycles. The minimum atomic E-state index is -2.79. The van der Waals surface area contributed by atoms with Gasteiger partial charge >= 0.3 is 6.61 Å². The highest BCUT2D eigenvalue weighted by Crippen LogP contribution is 2.21. The van der Waals surface area contributed by atoms with Gasteiger partial charge in [-0.25, -0.2) is 0 Å². The van der Waals surface area contributed by atoms with Crippen LogP contribution in [-0.2, 0) is 0 Å². The van der Waals surface area contributed by atoms with E-state index in [1.165, 1.54) is 6.07 Å². The molecule has 13 heavy (non-hydrogen) atoms. The highest BCUT2D eigenvalue weighted by Gasteiger charge is 2.06. The number of hydrogen-bond donors (Lipinski definition) is 0. The Morgan fingerprint density at radius 1 is 1.31 bits per heavy atom. The molecule has 1 nitrogen and oxygen atoms in total. The minimum absolute atomic E-state index is 0.174. The average molecular weight is 249 g/mol. The molecule has 0 unspecified atom stereocenters. The van der Waals surface area contributed by atoms with Gasteiger partial charge in [0.1, 0.15) is 5.75 Å². The summed E-state index contributed by atoms with van der Waals surface area (Å²) in [4.78, 5) is 1.58. The maximum atomic E-state index is 11.9. The van der Waals surface area contributed by atoms with Gasteiger partial charge in [0.15, 0.2) is 0 Å². The van der Waals surface area contributed by atoms with Crippen LogP contribution in [0, 0.1) is 0 Å². The van der Waals surface area contributed by atoms with Crippen molar-refractivity contribution in [2.75, 3.05) is 0 Å². The maximum Gasteiger partial charge on any atom is 0.387 e. The third-order valence-electron chi connectivity index (χ3n) is 1.38. The lowest BCUT2D eigenvalue weighted by atomic mass is 10.2. The molecule has 0 aliphatic rings. The summed E-state index contributed by atoms with van der Waals surface area (Å²) in [7, 11) is 0. The number of para-hydroxylation sites is 1. The van der Waals surface area contributed by atoms with Crippen molar-refractivity contribution in [1.82, 2.24) is 0 Å². The summed E-state index contributed by atoms with van der Waals surface area (Å²) in [6, 6.07) is 6.58. The molecule has 1 rings (SSSR count). The molecular formula is C9H7BrF2O. The molecule has 0 aliphatic carbocycles. The van der Waals surface area contributed by atoms with Crippen LogP contribution < -0.4 is 4.74 Å². The topological polar surface area (TPSA) is 9.23 Å². The van der Waals surface area contributed by atoms with Crippen molar-refractivity contribution in [3.05, 3.63) is 34.8 Å². The molecule has 1 aromatic carbocycles. The molecule has 0 aromatic heterocycles. The summed E-state index contributed by atoms with van der Waals surface area (Å²) < 4.78 is 28.1. The first-order valence-corrected chi connectivity index (χ1v) is 4.46. The fourth-order valence-corrected chi connectivity index (χ4v) is 1.17. The molecule has 0 N–H and O–H groups in total. The molecule has 70 valence electrons. The molecular weight excluding hydrogens is 242 g/mol. The summed E-state index contributed by atoms with van der Waals surface area (Å²) in [5.41, 5.74) is 0.611. The van der Waals surface area contributed by atoms with Gasteiger partial charge in [-0.3, -0.25) is 0 Å². The first-order valence-electron chi connectivity index (χ1n) is 3.54. The first-order chi connectivity index (χ1) is 6.24. The van der Waals surface area contributed by atoms with E-state index in [1.807, 2.05) is 0 Å². The Labute approximate surface area is 83.1 Å². The van der Waals surface area contributed by atoms with Crippen molar-refractivity contribution in [1.29, 1.82) is 0 Å². The number of halogens is 3. The van der Waals surface area contributed by atoms with E-state index in [0.29, 0.717) is 5.56 Å². The van der Waals surface area contributed by atoms with Crippen molar-refractivity contribution in [3.8, 4) is 5.75 Å². The molecule has 0 heterocycles. The second-order valence-electron chi connectivity index (χ2n) is 2.21. The number of ether oxygens (including phenoxy) is 1. The Morgan fingerprint density at radius 2 is 2.00 bits per heavy atom. The lowest BCUT2D eigenvalue weighted by Gasteiger charge is -2.06. The lowest BCUT2D eigenvalue weighted by Crippen LogP contribution is -2.02. The molecule has 4 heteroatoms. The lowest BCUT2D eigenvalue weighted by molar-refractivity contribution is -0.0499. The van der Waals surface area contributed by atoms with Crippen LogP contribution in [0.2, 0.25) is 0 Å². The van der Waals surface area contributed by atoms with Gasteiger partial charge < -0.3 is 4.74 Å². The van der Waals surface area contributed by atoms with Crippen molar-refractivity contribution in [2.45, 2.75) is 6.61 Å². The quantitative estimate of drug-likeness (QED) is 0.794. The molecule has 0 saturated carbocycles. The fourth-order valence-electron chi connectivity index (χ4n) is 0.889. The maximum absolute atomic E-state index is 11.9. The van der Waals surface area contributed by atoms with Gasteiger partial charge in [0.05, 0.1) is 0 Å². The van der Waals surface area contributed by atoms with Crippen LogP contribution in [0.4, 0.5) is 8.78 Å². The average Bonchev–Trinajstić information content (AvgIpc) is 2.08. The van der Waals surface area contributed by atoms with E-state index in [4.69, 9.17) is 0 Å². The number of rotatable bonds is 3. The van der Waals surface area contributed by atoms with Gasteiger partial charge in [0, 0.05) is 5.56 Å². The second kappa shape index (κ2) is 4.97. The SMILES string of the molecule is FC(F)Oc1ccccc1/C=C/Br. The predicted molar refractivity (Wildman–Crippen MR) is 51.0 cm³/mol. The predicted octanol–water partition coefficient (Wildman–Crippen LogP) is 3.65. The van der Waals surface area contributed by atoms with E-state index in [9.17, 15) is 8.78 Å². The van der Waals surface area contributed by atoms with Crippen LogP contribution in [0.5, 0.6) is 5.75 Å². The van der Waals surface area contributed by atoms with Crippen LogP contribution in [-0.4, -0.2) is 6.61 Å². The Bertz CT molecular complexity index is 299. The zero-order valence-electron chi connectivity index (χ0n) is 6.58. The second-order valence-corrected chi connectivity index (χ2v) is 2.74. The van der Waals surface area contributed by atoms with Crippen molar-refractivity contribution in [3.63, 3.8) is 0 Å². The monoisotopic (exact) mass is 248 g/mol. The summed E-state index contributed by atoms with van der Waals surface area (Å²) in [5, 5.41) is 0. The summed E-state index contributed by atoms with van der Waals surface area (Å²) in [5.74, 6) is 0.174. The van der Waals surface area contributed by atoms with E-state index in [2.05, 4.69) is 20.7 Å². The van der Waals surface area contributed by atoms with Gasteiger partial charge in [-0.05, 0) is 17.1 Å². The van der Waals surface area contributed by atoms with Gasteiger partial charge in [0.2, 0.25) is 0 Å².